The maximum absolute atomic E-state index is 14.8. The molecule has 3 aliphatic heterocycles. The summed E-state index contributed by atoms with van der Waals surface area (Å²) in [6.07, 6.45) is 2.94. The van der Waals surface area contributed by atoms with Gasteiger partial charge in [0.05, 0.1) is 41.4 Å². The van der Waals surface area contributed by atoms with E-state index in [9.17, 15) is 14.3 Å². The molecule has 2 fully saturated rings. The zero-order chi connectivity index (χ0) is 29.0. The van der Waals surface area contributed by atoms with Crippen molar-refractivity contribution >= 4 is 28.6 Å². The van der Waals surface area contributed by atoms with E-state index in [1.807, 2.05) is 12.1 Å². The molecular formula is C32H31ClFN3O5. The molecule has 3 aliphatic rings. The van der Waals surface area contributed by atoms with Gasteiger partial charge in [-0.1, -0.05) is 23.7 Å². The van der Waals surface area contributed by atoms with E-state index in [1.54, 1.807) is 37.3 Å². The van der Waals surface area contributed by atoms with Gasteiger partial charge < -0.3 is 23.9 Å². The molecule has 0 bridgehead atoms. The minimum Gasteiger partial charge on any atom is -0.478 e. The molecule has 0 aliphatic carbocycles. The highest BCUT2D eigenvalue weighted by Gasteiger charge is 2.43. The average molecular weight is 592 g/mol. The molecule has 42 heavy (non-hydrogen) atoms. The second-order valence-electron chi connectivity index (χ2n) is 11.4. The number of likely N-dealkylation sites (tertiary alicyclic amines) is 1. The lowest BCUT2D eigenvalue weighted by atomic mass is 9.88. The second-order valence-corrected chi connectivity index (χ2v) is 11.9. The first kappa shape index (κ1) is 27.2. The number of carbonyl (C=O) groups is 1. The third kappa shape index (κ3) is 4.89. The Morgan fingerprint density at radius 3 is 2.64 bits per heavy atom. The van der Waals surface area contributed by atoms with Crippen molar-refractivity contribution in [1.29, 1.82) is 0 Å². The van der Waals surface area contributed by atoms with Gasteiger partial charge in [0.15, 0.2) is 11.5 Å². The number of hydrogen-bond acceptors (Lipinski definition) is 6. The van der Waals surface area contributed by atoms with Gasteiger partial charge in [0.1, 0.15) is 11.6 Å². The van der Waals surface area contributed by atoms with E-state index in [4.69, 9.17) is 30.8 Å². The van der Waals surface area contributed by atoms with E-state index in [2.05, 4.69) is 15.5 Å². The van der Waals surface area contributed by atoms with E-state index in [0.717, 1.165) is 61.4 Å². The molecular weight excluding hydrogens is 561 g/mol. The number of carboxylic acids is 1. The standard InChI is InChI=1S/C32H31ClFN3O5/c1-32(24-7-6-21(33)16-25(24)34)41-28-4-2-3-23(30(28)42-32)19-9-12-36(13-10-19)18-29-35-26-8-5-20(31(38)39)15-27(26)37(29)17-22-11-14-40-22/h2-8,15-16,19,22H,9-14,17-18H2,1H3,(H,38,39)/t22-,32+/m0/s1. The van der Waals surface area contributed by atoms with Crippen LogP contribution < -0.4 is 9.47 Å². The van der Waals surface area contributed by atoms with Crippen molar-refractivity contribution in [3.8, 4) is 11.5 Å². The van der Waals surface area contributed by atoms with Crippen molar-refractivity contribution < 1.29 is 28.5 Å². The quantitative estimate of drug-likeness (QED) is 0.268. The normalized spacial score (nSPS) is 22.4. The lowest BCUT2D eigenvalue weighted by molar-refractivity contribution is -0.0712. The molecule has 218 valence electrons. The minimum absolute atomic E-state index is 0.120. The number of halogens is 2. The summed E-state index contributed by atoms with van der Waals surface area (Å²) in [5, 5.41) is 9.85. The number of benzene rings is 3. The summed E-state index contributed by atoms with van der Waals surface area (Å²) in [5.41, 5.74) is 3.24. The Bertz CT molecular complexity index is 1680. The molecule has 0 saturated carbocycles. The van der Waals surface area contributed by atoms with Crippen LogP contribution in [0, 0.1) is 5.82 Å². The summed E-state index contributed by atoms with van der Waals surface area (Å²) in [7, 11) is 0. The highest BCUT2D eigenvalue weighted by molar-refractivity contribution is 6.30. The van der Waals surface area contributed by atoms with E-state index in [0.29, 0.717) is 35.2 Å². The monoisotopic (exact) mass is 591 g/mol. The summed E-state index contributed by atoms with van der Waals surface area (Å²) in [5.74, 6) is -0.242. The number of para-hydroxylation sites is 1. The van der Waals surface area contributed by atoms with E-state index < -0.39 is 17.6 Å². The average Bonchev–Trinajstić information content (AvgIpc) is 3.47. The van der Waals surface area contributed by atoms with Crippen LogP contribution in [-0.2, 0) is 23.6 Å². The van der Waals surface area contributed by atoms with Gasteiger partial charge in [-0.2, -0.15) is 0 Å². The van der Waals surface area contributed by atoms with Gasteiger partial charge in [0.25, 0.3) is 5.79 Å². The fourth-order valence-corrected chi connectivity index (χ4v) is 6.46. The van der Waals surface area contributed by atoms with E-state index in [-0.39, 0.29) is 17.6 Å². The van der Waals surface area contributed by atoms with Crippen LogP contribution >= 0.6 is 11.6 Å². The predicted molar refractivity (Wildman–Crippen MR) is 155 cm³/mol. The molecule has 8 nitrogen and oxygen atoms in total. The van der Waals surface area contributed by atoms with Crippen LogP contribution in [0.3, 0.4) is 0 Å². The second kappa shape index (κ2) is 10.6. The number of aromatic carboxylic acids is 1. The van der Waals surface area contributed by atoms with Gasteiger partial charge in [0, 0.05) is 24.1 Å². The first-order valence-electron chi connectivity index (χ1n) is 14.3. The fourth-order valence-electron chi connectivity index (χ4n) is 6.30. The maximum atomic E-state index is 14.8. The predicted octanol–water partition coefficient (Wildman–Crippen LogP) is 6.34. The van der Waals surface area contributed by atoms with Gasteiger partial charge in [-0.05, 0) is 80.7 Å². The zero-order valence-corrected chi connectivity index (χ0v) is 23.9. The van der Waals surface area contributed by atoms with Gasteiger partial charge in [-0.25, -0.2) is 14.2 Å². The smallest absolute Gasteiger partial charge is 0.335 e. The Hall–Kier alpha value is -3.66. The Balaban J connectivity index is 1.08. The van der Waals surface area contributed by atoms with Gasteiger partial charge >= 0.3 is 5.97 Å². The molecule has 0 radical (unpaired) electrons. The van der Waals surface area contributed by atoms with Crippen LogP contribution in [0.25, 0.3) is 11.0 Å². The number of hydrogen-bond donors (Lipinski definition) is 1. The first-order valence-corrected chi connectivity index (χ1v) is 14.7. The molecule has 0 amide bonds. The number of aromatic nitrogens is 2. The summed E-state index contributed by atoms with van der Waals surface area (Å²) in [6.45, 7) is 5.53. The van der Waals surface area contributed by atoms with Crippen molar-refractivity contribution in [2.75, 3.05) is 19.7 Å². The summed E-state index contributed by atoms with van der Waals surface area (Å²) in [6, 6.07) is 15.5. The number of nitrogens with zero attached hydrogens (tertiary/aromatic N) is 3. The molecule has 1 aromatic heterocycles. The molecule has 2 atom stereocenters. The van der Waals surface area contributed by atoms with Crippen LogP contribution in [0.2, 0.25) is 5.02 Å². The molecule has 1 N–H and O–H groups in total. The van der Waals surface area contributed by atoms with Crippen LogP contribution in [0.4, 0.5) is 4.39 Å². The first-order chi connectivity index (χ1) is 20.3. The third-order valence-electron chi connectivity index (χ3n) is 8.68. The Kier molecular flexibility index (Phi) is 6.84. The Morgan fingerprint density at radius 2 is 1.93 bits per heavy atom. The van der Waals surface area contributed by atoms with E-state index in [1.165, 1.54) is 6.07 Å². The largest absolute Gasteiger partial charge is 0.478 e. The zero-order valence-electron chi connectivity index (χ0n) is 23.2. The third-order valence-corrected chi connectivity index (χ3v) is 8.91. The van der Waals surface area contributed by atoms with Crippen molar-refractivity contribution in [3.05, 3.63) is 88.0 Å². The lowest BCUT2D eigenvalue weighted by Crippen LogP contribution is -2.35. The molecule has 0 unspecified atom stereocenters. The topological polar surface area (TPSA) is 86.1 Å². The molecule has 3 aromatic carbocycles. The van der Waals surface area contributed by atoms with Crippen molar-refractivity contribution in [2.24, 2.45) is 0 Å². The van der Waals surface area contributed by atoms with E-state index >= 15 is 0 Å². The summed E-state index contributed by atoms with van der Waals surface area (Å²) >= 11 is 5.97. The van der Waals surface area contributed by atoms with Gasteiger partial charge in [-0.3, -0.25) is 4.90 Å². The fraction of sp³-hybridized carbons (Fsp3) is 0.375. The molecule has 7 rings (SSSR count). The van der Waals surface area contributed by atoms with Crippen molar-refractivity contribution in [1.82, 2.24) is 14.5 Å². The van der Waals surface area contributed by atoms with Crippen LogP contribution in [0.15, 0.2) is 54.6 Å². The molecule has 4 aromatic rings. The van der Waals surface area contributed by atoms with Gasteiger partial charge in [0.2, 0.25) is 0 Å². The molecule has 4 heterocycles. The SMILES string of the molecule is C[C@@]1(c2ccc(Cl)cc2F)Oc2cccc(C3CCN(Cc4nc5ccc(C(=O)O)cc5n4C[C@@H]4CCO4)CC3)c2O1. The Labute approximate surface area is 247 Å². The Morgan fingerprint density at radius 1 is 1.12 bits per heavy atom. The summed E-state index contributed by atoms with van der Waals surface area (Å²) < 4.78 is 35.2. The van der Waals surface area contributed by atoms with Crippen LogP contribution in [0.5, 0.6) is 11.5 Å². The minimum atomic E-state index is -1.28. The maximum Gasteiger partial charge on any atom is 0.335 e. The summed E-state index contributed by atoms with van der Waals surface area (Å²) in [4.78, 5) is 18.9. The number of fused-ring (bicyclic) bond motifs is 2. The molecule has 10 heteroatoms. The highest BCUT2D eigenvalue weighted by Crippen LogP contribution is 2.49. The molecule has 0 spiro atoms. The number of ether oxygens (including phenoxy) is 3. The van der Waals surface area contributed by atoms with Gasteiger partial charge in [-0.15, -0.1) is 0 Å². The van der Waals surface area contributed by atoms with Crippen LogP contribution in [0.1, 0.15) is 59.4 Å². The van der Waals surface area contributed by atoms with Crippen LogP contribution in [-0.4, -0.2) is 51.3 Å². The number of carboxylic acid groups (broad SMARTS) is 1. The lowest BCUT2D eigenvalue weighted by Gasteiger charge is -2.33. The molecule has 2 saturated heterocycles. The van der Waals surface area contributed by atoms with Crippen molar-refractivity contribution in [3.63, 3.8) is 0 Å². The number of imidazole rings is 1. The number of rotatable bonds is 7. The number of piperidine rings is 1. The highest BCUT2D eigenvalue weighted by atomic mass is 35.5. The van der Waals surface area contributed by atoms with Crippen molar-refractivity contribution in [2.45, 2.75) is 57.1 Å².